The molecule has 2 aliphatic heterocycles. The largest absolute Gasteiger partial charge is 0.385 e. The number of halogens is 4. The van der Waals surface area contributed by atoms with Crippen molar-refractivity contribution in [3.05, 3.63) is 74.8 Å². The predicted molar refractivity (Wildman–Crippen MR) is 131 cm³/mol. The molecule has 2 aliphatic rings. The number of aliphatic hydroxyl groups is 1. The zero-order chi connectivity index (χ0) is 25.4. The van der Waals surface area contributed by atoms with Crippen LogP contribution in [-0.4, -0.2) is 56.0 Å². The molecule has 0 unspecified atom stereocenters. The second-order valence-corrected chi connectivity index (χ2v) is 10.0. The fourth-order valence-electron chi connectivity index (χ4n) is 4.54. The van der Waals surface area contributed by atoms with Gasteiger partial charge in [-0.25, -0.2) is 14.1 Å². The topological polar surface area (TPSA) is 75.8 Å². The van der Waals surface area contributed by atoms with Gasteiger partial charge in [0.25, 0.3) is 0 Å². The lowest BCUT2D eigenvalue weighted by Gasteiger charge is -2.32. The van der Waals surface area contributed by atoms with Gasteiger partial charge in [-0.2, -0.15) is 13.9 Å². The van der Waals surface area contributed by atoms with Crippen LogP contribution in [0.4, 0.5) is 13.2 Å². The second-order valence-electron chi connectivity index (χ2n) is 8.72. The quantitative estimate of drug-likeness (QED) is 0.394. The third-order valence-corrected chi connectivity index (χ3v) is 7.15. The van der Waals surface area contributed by atoms with Crippen molar-refractivity contribution in [3.63, 3.8) is 0 Å². The average Bonchev–Trinajstić information content (AvgIpc) is 3.58. The molecule has 1 saturated heterocycles. The maximum atomic E-state index is 13.9. The zero-order valence-electron chi connectivity index (χ0n) is 19.2. The smallest absolute Gasteiger partial charge is 0.333 e. The molecule has 0 radical (unpaired) electrons. The summed E-state index contributed by atoms with van der Waals surface area (Å²) in [5.74, 6) is -0.00124. The molecule has 0 bridgehead atoms. The van der Waals surface area contributed by atoms with Gasteiger partial charge in [-0.1, -0.05) is 24.6 Å². The van der Waals surface area contributed by atoms with E-state index < -0.39 is 24.0 Å². The lowest BCUT2D eigenvalue weighted by molar-refractivity contribution is -0.0350. The summed E-state index contributed by atoms with van der Waals surface area (Å²) in [5, 5.41) is 18.1. The van der Waals surface area contributed by atoms with Crippen molar-refractivity contribution in [2.45, 2.75) is 38.0 Å². The van der Waals surface area contributed by atoms with Gasteiger partial charge in [-0.05, 0) is 24.6 Å². The molecule has 7 nitrogen and oxygen atoms in total. The van der Waals surface area contributed by atoms with Crippen LogP contribution in [0, 0.1) is 5.82 Å². The molecule has 1 aromatic carbocycles. The molecule has 5 rings (SSSR count). The van der Waals surface area contributed by atoms with Gasteiger partial charge < -0.3 is 14.7 Å². The number of aromatic nitrogens is 3. The van der Waals surface area contributed by atoms with E-state index >= 15 is 0 Å². The Morgan fingerprint density at radius 3 is 2.83 bits per heavy atom. The van der Waals surface area contributed by atoms with Crippen molar-refractivity contribution in [2.75, 3.05) is 19.8 Å². The van der Waals surface area contributed by atoms with Crippen LogP contribution < -0.4 is 0 Å². The van der Waals surface area contributed by atoms with Crippen molar-refractivity contribution < 1.29 is 23.0 Å². The number of hydrogen-bond donors (Lipinski definition) is 1. The number of benzene rings is 1. The molecule has 0 spiro atoms. The van der Waals surface area contributed by atoms with Crippen LogP contribution >= 0.6 is 22.9 Å². The van der Waals surface area contributed by atoms with E-state index in [0.717, 1.165) is 6.42 Å². The zero-order valence-corrected chi connectivity index (χ0v) is 20.8. The molecule has 12 heteroatoms. The number of aliphatic imine (C=N–C) groups is 1. The van der Waals surface area contributed by atoms with Crippen LogP contribution in [0.3, 0.4) is 0 Å². The summed E-state index contributed by atoms with van der Waals surface area (Å²) in [6, 6.07) is 4.67. The van der Waals surface area contributed by atoms with Crippen LogP contribution in [0.25, 0.3) is 5.57 Å². The Balaban J connectivity index is 1.69. The standard InChI is InChI=1S/C24H23ClF3N5O2S/c1-2-8-35-13-24(34)11-18-19(17-5-7-33(31-17)23(27)28)20(15-4-3-14(26)10-16(15)25)30-21(32(18)12-24)22-29-6-9-36-22/h3-7,9-10,20,23,34H,2,8,11-13H2,1H3/t20-,24-/m0/s1. The van der Waals surface area contributed by atoms with Crippen molar-refractivity contribution >= 4 is 34.3 Å². The Bertz CT molecular complexity index is 1310. The van der Waals surface area contributed by atoms with Gasteiger partial charge in [-0.3, -0.25) is 4.99 Å². The molecule has 1 N–H and O–H groups in total. The first kappa shape index (κ1) is 24.9. The van der Waals surface area contributed by atoms with Crippen LogP contribution in [0.2, 0.25) is 5.02 Å². The van der Waals surface area contributed by atoms with E-state index in [2.05, 4.69) is 10.1 Å². The summed E-state index contributed by atoms with van der Waals surface area (Å²) in [5.41, 5.74) is 0.665. The Kier molecular flexibility index (Phi) is 6.90. The van der Waals surface area contributed by atoms with E-state index in [4.69, 9.17) is 21.3 Å². The predicted octanol–water partition coefficient (Wildman–Crippen LogP) is 5.30. The highest BCUT2D eigenvalue weighted by atomic mass is 35.5. The van der Waals surface area contributed by atoms with Gasteiger partial charge >= 0.3 is 6.55 Å². The summed E-state index contributed by atoms with van der Waals surface area (Å²) >= 11 is 7.83. The molecule has 4 heterocycles. The van der Waals surface area contributed by atoms with Gasteiger partial charge in [0.15, 0.2) is 10.8 Å². The lowest BCUT2D eigenvalue weighted by atomic mass is 9.91. The number of amidine groups is 1. The fraction of sp³-hybridized carbons (Fsp3) is 0.375. The average molecular weight is 538 g/mol. The molecule has 0 amide bonds. The molecular formula is C24H23ClF3N5O2S. The maximum Gasteiger partial charge on any atom is 0.333 e. The highest BCUT2D eigenvalue weighted by Gasteiger charge is 2.47. The van der Waals surface area contributed by atoms with E-state index in [1.54, 1.807) is 6.20 Å². The first-order valence-corrected chi connectivity index (χ1v) is 12.6. The van der Waals surface area contributed by atoms with E-state index in [0.29, 0.717) is 39.0 Å². The van der Waals surface area contributed by atoms with Gasteiger partial charge in [0.05, 0.1) is 18.8 Å². The Hall–Kier alpha value is -2.73. The minimum atomic E-state index is -2.82. The van der Waals surface area contributed by atoms with Gasteiger partial charge in [-0.15, -0.1) is 11.3 Å². The second kappa shape index (κ2) is 9.97. The summed E-state index contributed by atoms with van der Waals surface area (Å²) in [7, 11) is 0. The molecule has 36 heavy (non-hydrogen) atoms. The molecule has 0 saturated carbocycles. The first-order valence-electron chi connectivity index (χ1n) is 11.4. The molecule has 3 aromatic rings. The summed E-state index contributed by atoms with van der Waals surface area (Å²) in [6.45, 7) is -0.0881. The van der Waals surface area contributed by atoms with Crippen molar-refractivity contribution in [3.8, 4) is 0 Å². The number of ether oxygens (including phenoxy) is 1. The van der Waals surface area contributed by atoms with Gasteiger partial charge in [0.1, 0.15) is 17.5 Å². The van der Waals surface area contributed by atoms with E-state index in [1.165, 1.54) is 41.8 Å². The third kappa shape index (κ3) is 4.68. The van der Waals surface area contributed by atoms with Gasteiger partial charge in [0, 0.05) is 52.7 Å². The number of thiazole rings is 1. The van der Waals surface area contributed by atoms with Crippen LogP contribution in [-0.2, 0) is 4.74 Å². The highest BCUT2D eigenvalue weighted by Crippen LogP contribution is 2.48. The number of hydrogen-bond acceptors (Lipinski definition) is 7. The van der Waals surface area contributed by atoms with Crippen LogP contribution in [0.1, 0.15) is 48.6 Å². The van der Waals surface area contributed by atoms with Crippen molar-refractivity contribution in [1.29, 1.82) is 0 Å². The fourth-order valence-corrected chi connectivity index (χ4v) is 5.46. The summed E-state index contributed by atoms with van der Waals surface area (Å²) in [4.78, 5) is 11.2. The van der Waals surface area contributed by atoms with Crippen molar-refractivity contribution in [1.82, 2.24) is 19.7 Å². The normalized spacial score (nSPS) is 21.9. The molecule has 2 atom stereocenters. The maximum absolute atomic E-state index is 13.9. The minimum absolute atomic E-state index is 0.0900. The summed E-state index contributed by atoms with van der Waals surface area (Å²) in [6.07, 6.45) is 3.81. The SMILES string of the molecule is CCCOC[C@]1(O)CC2=C(c3ccn(C(F)F)n3)[C@H](c3ccc(F)cc3Cl)N=C(c3nccs3)N2C1. The molecular weight excluding hydrogens is 515 g/mol. The number of rotatable bonds is 8. The van der Waals surface area contributed by atoms with Crippen molar-refractivity contribution in [2.24, 2.45) is 4.99 Å². The molecule has 2 aromatic heterocycles. The first-order chi connectivity index (χ1) is 17.3. The summed E-state index contributed by atoms with van der Waals surface area (Å²) < 4.78 is 47.0. The minimum Gasteiger partial charge on any atom is -0.385 e. The van der Waals surface area contributed by atoms with E-state index in [-0.39, 0.29) is 30.3 Å². The Labute approximate surface area is 214 Å². The van der Waals surface area contributed by atoms with Crippen LogP contribution in [0.15, 0.2) is 52.7 Å². The monoisotopic (exact) mass is 537 g/mol. The molecule has 1 fully saturated rings. The van der Waals surface area contributed by atoms with Gasteiger partial charge in [0.2, 0.25) is 0 Å². The molecule has 190 valence electrons. The third-order valence-electron chi connectivity index (χ3n) is 6.05. The Morgan fingerprint density at radius 1 is 1.33 bits per heavy atom. The lowest BCUT2D eigenvalue weighted by Crippen LogP contribution is -2.40. The number of fused-ring (bicyclic) bond motifs is 1. The highest BCUT2D eigenvalue weighted by molar-refractivity contribution is 7.11. The van der Waals surface area contributed by atoms with E-state index in [1.807, 2.05) is 17.2 Å². The Morgan fingerprint density at radius 2 is 2.17 bits per heavy atom. The van der Waals surface area contributed by atoms with E-state index in [9.17, 15) is 18.3 Å². The molecule has 0 aliphatic carbocycles. The number of nitrogens with zero attached hydrogens (tertiary/aromatic N) is 5. The number of alkyl halides is 2. The van der Waals surface area contributed by atoms with Crippen LogP contribution in [0.5, 0.6) is 0 Å².